The molecule has 0 rings (SSSR count). The second-order valence-corrected chi connectivity index (χ2v) is 3.18. The van der Waals surface area contributed by atoms with Gasteiger partial charge in [0.1, 0.15) is 0 Å². The molecule has 0 fully saturated rings. The highest BCUT2D eigenvalue weighted by Crippen LogP contribution is 2.09. The van der Waals surface area contributed by atoms with Gasteiger partial charge in [0.15, 0.2) is 0 Å². The van der Waals surface area contributed by atoms with Crippen molar-refractivity contribution in [2.75, 3.05) is 6.54 Å². The monoisotopic (exact) mass is 141 g/mol. The Hall–Kier alpha value is -0.590. The topological polar surface area (TPSA) is 46.9 Å². The third kappa shape index (κ3) is 3.44. The Bertz CT molecular complexity index is 132. The van der Waals surface area contributed by atoms with Gasteiger partial charge in [0.25, 0.3) is 0 Å². The van der Waals surface area contributed by atoms with Gasteiger partial charge in [-0.3, -0.25) is 0 Å². The van der Waals surface area contributed by atoms with Crippen LogP contribution in [0.5, 0.6) is 0 Å². The van der Waals surface area contributed by atoms with Crippen molar-refractivity contribution >= 4 is 0 Å². The molecule has 0 saturated heterocycles. The number of hydroxylamine groups is 2. The van der Waals surface area contributed by atoms with Crippen molar-refractivity contribution in [2.45, 2.75) is 32.7 Å². The van der Waals surface area contributed by atoms with E-state index in [0.717, 1.165) is 5.06 Å². The molecule has 3 nitrogen and oxygen atoms in total. The summed E-state index contributed by atoms with van der Waals surface area (Å²) in [7, 11) is 0. The predicted molar refractivity (Wildman–Crippen MR) is 37.4 cm³/mol. The average Bonchev–Trinajstić information content (AvgIpc) is 1.80. The van der Waals surface area contributed by atoms with Gasteiger partial charge in [0, 0.05) is 12.1 Å². The summed E-state index contributed by atoms with van der Waals surface area (Å²) >= 11 is 0. The summed E-state index contributed by atoms with van der Waals surface area (Å²) < 4.78 is 0. The zero-order valence-electron chi connectivity index (χ0n) is 6.72. The van der Waals surface area contributed by atoms with Gasteiger partial charge >= 0.3 is 0 Å². The lowest BCUT2D eigenvalue weighted by atomic mass is 10.1. The maximum atomic E-state index is 11.0. The second-order valence-electron chi connectivity index (χ2n) is 3.18. The van der Waals surface area contributed by atoms with E-state index in [-0.39, 0.29) is 5.54 Å². The average molecular weight is 141 g/mol. The normalized spacial score (nSPS) is 11.6. The highest BCUT2D eigenvalue weighted by Gasteiger charge is 2.19. The van der Waals surface area contributed by atoms with Crippen molar-refractivity contribution in [1.82, 2.24) is 5.06 Å². The SMILES string of the molecule is CC(C)(C)N([O])CCC#N. The largest absolute Gasteiger partial charge is 0.198 e. The molecule has 1 radical (unpaired) electrons. The smallest absolute Gasteiger partial charge is 0.0636 e. The minimum Gasteiger partial charge on any atom is -0.198 e. The Labute approximate surface area is 61.8 Å². The fraction of sp³-hybridized carbons (Fsp3) is 0.857. The third-order valence-electron chi connectivity index (χ3n) is 1.17. The summed E-state index contributed by atoms with van der Waals surface area (Å²) in [5.74, 6) is 0. The van der Waals surface area contributed by atoms with E-state index in [1.54, 1.807) is 0 Å². The fourth-order valence-corrected chi connectivity index (χ4v) is 0.487. The maximum Gasteiger partial charge on any atom is 0.0636 e. The van der Waals surface area contributed by atoms with E-state index >= 15 is 0 Å². The van der Waals surface area contributed by atoms with E-state index in [1.165, 1.54) is 0 Å². The van der Waals surface area contributed by atoms with E-state index in [4.69, 9.17) is 5.26 Å². The first-order valence-electron chi connectivity index (χ1n) is 3.30. The molecule has 0 unspecified atom stereocenters. The Balaban J connectivity index is 3.65. The first kappa shape index (κ1) is 9.41. The van der Waals surface area contributed by atoms with E-state index < -0.39 is 0 Å². The maximum absolute atomic E-state index is 11.0. The summed E-state index contributed by atoms with van der Waals surface area (Å²) in [6.45, 7) is 5.80. The molecular formula is C7H13N2O. The van der Waals surface area contributed by atoms with Crippen LogP contribution in [0.15, 0.2) is 0 Å². The van der Waals surface area contributed by atoms with Gasteiger partial charge in [0.2, 0.25) is 0 Å². The molecule has 3 heteroatoms. The van der Waals surface area contributed by atoms with Gasteiger partial charge in [-0.15, -0.1) is 10.3 Å². The molecule has 0 bridgehead atoms. The number of hydrogen-bond acceptors (Lipinski definition) is 2. The summed E-state index contributed by atoms with van der Waals surface area (Å²) in [6.07, 6.45) is 0.306. The van der Waals surface area contributed by atoms with Crippen LogP contribution >= 0.6 is 0 Å². The molecule has 0 heterocycles. The minimum atomic E-state index is -0.364. The van der Waals surface area contributed by atoms with Crippen LogP contribution in [-0.4, -0.2) is 17.1 Å². The van der Waals surface area contributed by atoms with Crippen molar-refractivity contribution in [3.8, 4) is 6.07 Å². The van der Waals surface area contributed by atoms with Gasteiger partial charge in [-0.1, -0.05) is 0 Å². The quantitative estimate of drug-likeness (QED) is 0.545. The second kappa shape index (κ2) is 3.55. The van der Waals surface area contributed by atoms with E-state index in [0.29, 0.717) is 13.0 Å². The zero-order chi connectivity index (χ0) is 8.20. The lowest BCUT2D eigenvalue weighted by Gasteiger charge is -2.25. The Morgan fingerprint density at radius 3 is 2.30 bits per heavy atom. The molecule has 0 atom stereocenters. The zero-order valence-corrected chi connectivity index (χ0v) is 6.72. The Kier molecular flexibility index (Phi) is 3.34. The van der Waals surface area contributed by atoms with E-state index in [2.05, 4.69) is 0 Å². The van der Waals surface area contributed by atoms with Crippen LogP contribution in [0.4, 0.5) is 0 Å². The standard InChI is InChI=1S/C7H13N2O/c1-7(2,3)9(10)6-4-5-8/h4,6H2,1-3H3. The molecule has 0 N–H and O–H groups in total. The van der Waals surface area contributed by atoms with Crippen LogP contribution < -0.4 is 0 Å². The number of hydrogen-bond donors (Lipinski definition) is 0. The molecule has 0 aromatic heterocycles. The molecule has 0 saturated carbocycles. The highest BCUT2D eigenvalue weighted by molar-refractivity contribution is 4.75. The highest BCUT2D eigenvalue weighted by atomic mass is 16.5. The fourth-order valence-electron chi connectivity index (χ4n) is 0.487. The summed E-state index contributed by atoms with van der Waals surface area (Å²) in [5, 5.41) is 20.1. The lowest BCUT2D eigenvalue weighted by Crippen LogP contribution is -2.37. The van der Waals surface area contributed by atoms with Gasteiger partial charge in [0.05, 0.1) is 12.5 Å². The number of rotatable bonds is 2. The number of nitriles is 1. The summed E-state index contributed by atoms with van der Waals surface area (Å²) in [5.41, 5.74) is -0.364. The van der Waals surface area contributed by atoms with E-state index in [9.17, 15) is 5.21 Å². The predicted octanol–water partition coefficient (Wildman–Crippen LogP) is 1.35. The van der Waals surface area contributed by atoms with Crippen molar-refractivity contribution < 1.29 is 5.21 Å². The Morgan fingerprint density at radius 2 is 2.00 bits per heavy atom. The molecule has 0 aliphatic rings. The Morgan fingerprint density at radius 1 is 1.50 bits per heavy atom. The molecule has 10 heavy (non-hydrogen) atoms. The molecule has 0 amide bonds. The molecule has 0 aliphatic carbocycles. The lowest BCUT2D eigenvalue weighted by molar-refractivity contribution is -0.210. The van der Waals surface area contributed by atoms with Gasteiger partial charge in [-0.05, 0) is 20.8 Å². The molecule has 0 aromatic rings. The van der Waals surface area contributed by atoms with E-state index in [1.807, 2.05) is 26.8 Å². The van der Waals surface area contributed by atoms with Crippen LogP contribution in [0, 0.1) is 11.3 Å². The van der Waals surface area contributed by atoms with Gasteiger partial charge in [-0.2, -0.15) is 5.26 Å². The van der Waals surface area contributed by atoms with Crippen LogP contribution in [0.3, 0.4) is 0 Å². The first-order valence-corrected chi connectivity index (χ1v) is 3.30. The van der Waals surface area contributed by atoms with Crippen LogP contribution in [-0.2, 0) is 5.21 Å². The molecule has 0 spiro atoms. The van der Waals surface area contributed by atoms with Crippen LogP contribution in [0.1, 0.15) is 27.2 Å². The third-order valence-corrected chi connectivity index (χ3v) is 1.17. The summed E-state index contributed by atoms with van der Waals surface area (Å²) in [4.78, 5) is 0. The molecule has 0 aromatic carbocycles. The molecule has 0 aliphatic heterocycles. The van der Waals surface area contributed by atoms with Crippen LogP contribution in [0.25, 0.3) is 0 Å². The van der Waals surface area contributed by atoms with Gasteiger partial charge in [-0.25, -0.2) is 0 Å². The van der Waals surface area contributed by atoms with Crippen molar-refractivity contribution in [2.24, 2.45) is 0 Å². The molecule has 57 valence electrons. The van der Waals surface area contributed by atoms with Crippen molar-refractivity contribution in [1.29, 1.82) is 5.26 Å². The first-order chi connectivity index (χ1) is 4.48. The number of nitrogens with zero attached hydrogens (tertiary/aromatic N) is 2. The molecular weight excluding hydrogens is 128 g/mol. The van der Waals surface area contributed by atoms with Crippen molar-refractivity contribution in [3.05, 3.63) is 0 Å². The minimum absolute atomic E-state index is 0.306. The van der Waals surface area contributed by atoms with Crippen molar-refractivity contribution in [3.63, 3.8) is 0 Å². The van der Waals surface area contributed by atoms with Gasteiger partial charge < -0.3 is 0 Å². The summed E-state index contributed by atoms with van der Waals surface area (Å²) in [6, 6.07) is 1.93. The van der Waals surface area contributed by atoms with Crippen LogP contribution in [0.2, 0.25) is 0 Å².